The summed E-state index contributed by atoms with van der Waals surface area (Å²) < 4.78 is 4.81. The maximum atomic E-state index is 11.7. The molecule has 0 amide bonds. The van der Waals surface area contributed by atoms with Crippen LogP contribution < -0.4 is 10.2 Å². The van der Waals surface area contributed by atoms with Gasteiger partial charge in [0.25, 0.3) is 0 Å². The van der Waals surface area contributed by atoms with Gasteiger partial charge in [-0.1, -0.05) is 19.9 Å². The van der Waals surface area contributed by atoms with E-state index in [0.29, 0.717) is 11.5 Å². The number of rotatable bonds is 6. The molecule has 0 fully saturated rings. The molecule has 1 aliphatic heterocycles. The lowest BCUT2D eigenvalue weighted by Crippen LogP contribution is -2.33. The van der Waals surface area contributed by atoms with Crippen LogP contribution >= 0.6 is 0 Å². The Bertz CT molecular complexity index is 854. The number of aliphatic hydroxyl groups excluding tert-OH is 1. The van der Waals surface area contributed by atoms with E-state index in [-0.39, 0.29) is 24.5 Å². The summed E-state index contributed by atoms with van der Waals surface area (Å²) in [5.74, 6) is 1.35. The zero-order chi connectivity index (χ0) is 20.3. The molecule has 7 heteroatoms. The van der Waals surface area contributed by atoms with Crippen LogP contribution in [0.2, 0.25) is 0 Å². The monoisotopic (exact) mass is 384 g/mol. The van der Waals surface area contributed by atoms with Crippen molar-refractivity contribution in [3.05, 3.63) is 46.6 Å². The van der Waals surface area contributed by atoms with Crippen LogP contribution in [0.25, 0.3) is 0 Å². The number of nitrogens with zero attached hydrogens (tertiary/aromatic N) is 3. The van der Waals surface area contributed by atoms with Crippen molar-refractivity contribution in [3.8, 4) is 0 Å². The second-order valence-corrected chi connectivity index (χ2v) is 7.52. The van der Waals surface area contributed by atoms with E-state index in [1.165, 1.54) is 18.2 Å². The number of esters is 1. The molecule has 2 heterocycles. The van der Waals surface area contributed by atoms with E-state index in [2.05, 4.69) is 34.0 Å². The highest BCUT2D eigenvalue weighted by atomic mass is 16.5. The number of methoxy groups -OCH3 is 1. The third kappa shape index (κ3) is 4.42. The number of benzene rings is 1. The van der Waals surface area contributed by atoms with E-state index in [9.17, 15) is 9.90 Å². The van der Waals surface area contributed by atoms with Crippen LogP contribution in [0.4, 0.5) is 11.8 Å². The minimum Gasteiger partial charge on any atom is -0.465 e. The van der Waals surface area contributed by atoms with Gasteiger partial charge in [-0.3, -0.25) is 0 Å². The molecule has 7 nitrogen and oxygen atoms in total. The topological polar surface area (TPSA) is 87.6 Å². The van der Waals surface area contributed by atoms with Gasteiger partial charge in [-0.05, 0) is 42.5 Å². The van der Waals surface area contributed by atoms with Crippen molar-refractivity contribution >= 4 is 17.7 Å². The number of hydrogen-bond donors (Lipinski definition) is 2. The van der Waals surface area contributed by atoms with Gasteiger partial charge in [0.05, 0.1) is 25.3 Å². The van der Waals surface area contributed by atoms with Crippen molar-refractivity contribution < 1.29 is 14.6 Å². The minimum absolute atomic E-state index is 0.0317. The summed E-state index contributed by atoms with van der Waals surface area (Å²) in [7, 11) is 1.40. The summed E-state index contributed by atoms with van der Waals surface area (Å²) in [6, 6.07) is 7.60. The van der Waals surface area contributed by atoms with E-state index in [1.807, 2.05) is 25.1 Å². The Kier molecular flexibility index (Phi) is 6.14. The zero-order valence-corrected chi connectivity index (χ0v) is 16.9. The van der Waals surface area contributed by atoms with Crippen LogP contribution in [-0.2, 0) is 17.7 Å². The van der Waals surface area contributed by atoms with Gasteiger partial charge in [0.15, 0.2) is 0 Å². The van der Waals surface area contributed by atoms with E-state index >= 15 is 0 Å². The van der Waals surface area contributed by atoms with Crippen molar-refractivity contribution in [2.45, 2.75) is 39.8 Å². The maximum absolute atomic E-state index is 11.7. The number of aliphatic hydroxyl groups is 1. The number of aromatic nitrogens is 2. The predicted octanol–water partition coefficient (Wildman–Crippen LogP) is 2.56. The molecule has 1 aromatic heterocycles. The van der Waals surface area contributed by atoms with Gasteiger partial charge in [-0.25, -0.2) is 9.78 Å². The lowest BCUT2D eigenvalue weighted by atomic mass is 9.97. The van der Waals surface area contributed by atoms with Gasteiger partial charge in [0, 0.05) is 24.8 Å². The number of nitrogens with one attached hydrogen (secondary N) is 1. The van der Waals surface area contributed by atoms with Crippen LogP contribution in [0.5, 0.6) is 0 Å². The molecule has 0 radical (unpaired) electrons. The Morgan fingerprint density at radius 1 is 1.29 bits per heavy atom. The Morgan fingerprint density at radius 2 is 2.07 bits per heavy atom. The molecule has 1 atom stereocenters. The molecule has 0 bridgehead atoms. The fraction of sp³-hybridized carbons (Fsp3) is 0.476. The molecule has 0 aliphatic carbocycles. The SMILES string of the molecule is COC(=O)c1ccc2c(c1)CCN(c1cc(C)nc(N[C@@H](CO)C(C)C)n1)C2. The van der Waals surface area contributed by atoms with Crippen LogP contribution in [-0.4, -0.2) is 47.3 Å². The minimum atomic E-state index is -0.309. The summed E-state index contributed by atoms with van der Waals surface area (Å²) >= 11 is 0. The molecule has 1 aromatic carbocycles. The quantitative estimate of drug-likeness (QED) is 0.740. The van der Waals surface area contributed by atoms with Crippen LogP contribution in [0.15, 0.2) is 24.3 Å². The Morgan fingerprint density at radius 3 is 2.75 bits per heavy atom. The molecule has 3 rings (SSSR count). The third-order valence-corrected chi connectivity index (χ3v) is 5.12. The van der Waals surface area contributed by atoms with Crippen molar-refractivity contribution in [2.24, 2.45) is 5.92 Å². The molecule has 0 saturated carbocycles. The maximum Gasteiger partial charge on any atom is 0.337 e. The number of aryl methyl sites for hydroxylation is 1. The molecule has 1 aliphatic rings. The number of carbonyl (C=O) groups is 1. The Labute approximate surface area is 165 Å². The number of anilines is 2. The first-order valence-corrected chi connectivity index (χ1v) is 9.59. The first-order chi connectivity index (χ1) is 13.4. The van der Waals surface area contributed by atoms with Crippen molar-refractivity contribution in [3.63, 3.8) is 0 Å². The Balaban J connectivity index is 1.80. The molecule has 2 N–H and O–H groups in total. The van der Waals surface area contributed by atoms with Gasteiger partial charge < -0.3 is 20.1 Å². The average Bonchev–Trinajstić information content (AvgIpc) is 2.69. The van der Waals surface area contributed by atoms with E-state index < -0.39 is 0 Å². The zero-order valence-electron chi connectivity index (χ0n) is 16.9. The molecule has 28 heavy (non-hydrogen) atoms. The highest BCUT2D eigenvalue weighted by molar-refractivity contribution is 5.89. The lowest BCUT2D eigenvalue weighted by Gasteiger charge is -2.30. The second kappa shape index (κ2) is 8.56. The first kappa shape index (κ1) is 20.1. The number of fused-ring (bicyclic) bond motifs is 1. The highest BCUT2D eigenvalue weighted by Crippen LogP contribution is 2.25. The van der Waals surface area contributed by atoms with Crippen molar-refractivity contribution in [1.29, 1.82) is 0 Å². The number of hydrogen-bond acceptors (Lipinski definition) is 7. The predicted molar refractivity (Wildman–Crippen MR) is 109 cm³/mol. The molecular formula is C21H28N4O3. The molecule has 150 valence electrons. The number of carbonyl (C=O) groups excluding carboxylic acids is 1. The summed E-state index contributed by atoms with van der Waals surface area (Å²) in [5.41, 5.74) is 3.81. The highest BCUT2D eigenvalue weighted by Gasteiger charge is 2.21. The summed E-state index contributed by atoms with van der Waals surface area (Å²) in [4.78, 5) is 23.1. The summed E-state index contributed by atoms with van der Waals surface area (Å²) in [6.07, 6.45) is 0.831. The van der Waals surface area contributed by atoms with Crippen LogP contribution in [0.1, 0.15) is 41.0 Å². The van der Waals surface area contributed by atoms with Crippen LogP contribution in [0, 0.1) is 12.8 Å². The standard InChI is InChI=1S/C21H28N4O3/c1-13(2)18(12-26)23-21-22-14(3)9-19(24-21)25-8-7-15-10-16(20(27)28-4)5-6-17(15)11-25/h5-6,9-10,13,18,26H,7-8,11-12H2,1-4H3,(H,22,23,24)/t18-/m0/s1. The molecule has 0 unspecified atom stereocenters. The van der Waals surface area contributed by atoms with Crippen molar-refractivity contribution in [1.82, 2.24) is 9.97 Å². The van der Waals surface area contributed by atoms with Gasteiger partial charge in [0.1, 0.15) is 5.82 Å². The van der Waals surface area contributed by atoms with E-state index in [4.69, 9.17) is 4.74 Å². The summed E-state index contributed by atoms with van der Waals surface area (Å²) in [5, 5.41) is 12.8. The smallest absolute Gasteiger partial charge is 0.337 e. The number of ether oxygens (including phenoxy) is 1. The molecular weight excluding hydrogens is 356 g/mol. The largest absolute Gasteiger partial charge is 0.465 e. The normalized spacial score (nSPS) is 14.6. The fourth-order valence-corrected chi connectivity index (χ4v) is 3.36. The second-order valence-electron chi connectivity index (χ2n) is 7.52. The van der Waals surface area contributed by atoms with Crippen LogP contribution in [0.3, 0.4) is 0 Å². The van der Waals surface area contributed by atoms with Crippen molar-refractivity contribution in [2.75, 3.05) is 30.5 Å². The summed E-state index contributed by atoms with van der Waals surface area (Å²) in [6.45, 7) is 7.61. The average molecular weight is 384 g/mol. The molecule has 0 spiro atoms. The van der Waals surface area contributed by atoms with Gasteiger partial charge in [0.2, 0.25) is 5.95 Å². The first-order valence-electron chi connectivity index (χ1n) is 9.59. The van der Waals surface area contributed by atoms with Gasteiger partial charge in [-0.15, -0.1) is 0 Å². The Hall–Kier alpha value is -2.67. The molecule has 0 saturated heterocycles. The van der Waals surface area contributed by atoms with Gasteiger partial charge in [-0.2, -0.15) is 4.98 Å². The molecule has 2 aromatic rings. The third-order valence-electron chi connectivity index (χ3n) is 5.12. The fourth-order valence-electron chi connectivity index (χ4n) is 3.36. The van der Waals surface area contributed by atoms with Gasteiger partial charge >= 0.3 is 5.97 Å². The van der Waals surface area contributed by atoms with E-state index in [1.54, 1.807) is 6.07 Å². The van der Waals surface area contributed by atoms with E-state index in [0.717, 1.165) is 31.0 Å². The lowest BCUT2D eigenvalue weighted by molar-refractivity contribution is 0.0600.